The summed E-state index contributed by atoms with van der Waals surface area (Å²) in [5.41, 5.74) is 2.06. The number of nitrogens with zero attached hydrogens (tertiary/aromatic N) is 3. The van der Waals surface area contributed by atoms with E-state index < -0.39 is 0 Å². The van der Waals surface area contributed by atoms with Gasteiger partial charge in [0.2, 0.25) is 11.6 Å². The SMILES string of the molecule is O=C1C(=Cc2ccc(-c3nn[nH]n3)cc2)Oc2cc(O)ccc21. The molecule has 0 spiro atoms. The van der Waals surface area contributed by atoms with E-state index in [0.717, 1.165) is 11.1 Å². The Kier molecular flexibility index (Phi) is 2.90. The molecule has 0 atom stereocenters. The van der Waals surface area contributed by atoms with Gasteiger partial charge < -0.3 is 9.84 Å². The first kappa shape index (κ1) is 13.2. The maximum Gasteiger partial charge on any atom is 0.231 e. The highest BCUT2D eigenvalue weighted by molar-refractivity contribution is 6.14. The molecule has 2 N–H and O–H groups in total. The zero-order valence-corrected chi connectivity index (χ0v) is 11.7. The number of aromatic nitrogens is 4. The van der Waals surface area contributed by atoms with Gasteiger partial charge in [-0.3, -0.25) is 4.79 Å². The lowest BCUT2D eigenvalue weighted by molar-refractivity contribution is 0.101. The molecule has 1 aliphatic rings. The summed E-state index contributed by atoms with van der Waals surface area (Å²) in [6, 6.07) is 11.8. The number of rotatable bonds is 2. The second kappa shape index (κ2) is 5.06. The zero-order chi connectivity index (χ0) is 15.8. The minimum atomic E-state index is -0.206. The number of fused-ring (bicyclic) bond motifs is 1. The molecular formula is C16H10N4O3. The van der Waals surface area contributed by atoms with Gasteiger partial charge in [-0.2, -0.15) is 5.21 Å². The topological polar surface area (TPSA) is 101 Å². The van der Waals surface area contributed by atoms with E-state index >= 15 is 0 Å². The number of nitrogens with one attached hydrogen (secondary N) is 1. The van der Waals surface area contributed by atoms with Crippen molar-refractivity contribution < 1.29 is 14.6 Å². The van der Waals surface area contributed by atoms with Crippen molar-refractivity contribution in [3.63, 3.8) is 0 Å². The highest BCUT2D eigenvalue weighted by Crippen LogP contribution is 2.34. The number of Topliss-reactive ketones (excluding diaryl/α,β-unsaturated/α-hetero) is 1. The second-order valence-electron chi connectivity index (χ2n) is 4.98. The molecule has 112 valence electrons. The zero-order valence-electron chi connectivity index (χ0n) is 11.7. The molecule has 1 aliphatic heterocycles. The van der Waals surface area contributed by atoms with E-state index in [0.29, 0.717) is 17.1 Å². The molecule has 0 radical (unpaired) electrons. The van der Waals surface area contributed by atoms with Crippen molar-refractivity contribution in [2.24, 2.45) is 0 Å². The molecule has 0 bridgehead atoms. The number of allylic oxidation sites excluding steroid dienone is 1. The fourth-order valence-corrected chi connectivity index (χ4v) is 2.34. The summed E-state index contributed by atoms with van der Waals surface area (Å²) in [7, 11) is 0. The molecule has 7 heteroatoms. The number of ether oxygens (including phenoxy) is 1. The van der Waals surface area contributed by atoms with Crippen LogP contribution in [0.2, 0.25) is 0 Å². The first-order valence-electron chi connectivity index (χ1n) is 6.82. The van der Waals surface area contributed by atoms with E-state index in [9.17, 15) is 9.90 Å². The second-order valence-corrected chi connectivity index (χ2v) is 4.98. The van der Waals surface area contributed by atoms with Crippen molar-refractivity contribution in [1.29, 1.82) is 0 Å². The monoisotopic (exact) mass is 306 g/mol. The molecule has 7 nitrogen and oxygen atoms in total. The summed E-state index contributed by atoms with van der Waals surface area (Å²) in [5, 5.41) is 23.2. The first-order valence-corrected chi connectivity index (χ1v) is 6.82. The van der Waals surface area contributed by atoms with Gasteiger partial charge in [0.25, 0.3) is 0 Å². The van der Waals surface area contributed by atoms with Gasteiger partial charge in [-0.25, -0.2) is 0 Å². The van der Waals surface area contributed by atoms with Crippen molar-refractivity contribution in [2.45, 2.75) is 0 Å². The molecule has 23 heavy (non-hydrogen) atoms. The highest BCUT2D eigenvalue weighted by Gasteiger charge is 2.27. The third-order valence-electron chi connectivity index (χ3n) is 3.47. The molecule has 0 saturated heterocycles. The summed E-state index contributed by atoms with van der Waals surface area (Å²) < 4.78 is 5.52. The summed E-state index contributed by atoms with van der Waals surface area (Å²) in [6.07, 6.45) is 1.65. The van der Waals surface area contributed by atoms with Crippen molar-refractivity contribution in [3.8, 4) is 22.9 Å². The molecule has 1 aromatic heterocycles. The molecule has 2 aromatic carbocycles. The molecule has 0 saturated carbocycles. The van der Waals surface area contributed by atoms with Crippen LogP contribution in [0.4, 0.5) is 0 Å². The Balaban J connectivity index is 1.63. The fourth-order valence-electron chi connectivity index (χ4n) is 2.34. The van der Waals surface area contributed by atoms with Crippen LogP contribution in [-0.4, -0.2) is 31.5 Å². The predicted octanol–water partition coefficient (Wildman–Crippen LogP) is 2.19. The van der Waals surface area contributed by atoms with Crippen LogP contribution in [0, 0.1) is 0 Å². The van der Waals surface area contributed by atoms with Crippen LogP contribution in [0.15, 0.2) is 48.2 Å². The van der Waals surface area contributed by atoms with Crippen molar-refractivity contribution >= 4 is 11.9 Å². The smallest absolute Gasteiger partial charge is 0.231 e. The molecule has 3 aromatic rings. The Bertz CT molecular complexity index is 915. The molecule has 4 rings (SSSR count). The fraction of sp³-hybridized carbons (Fsp3) is 0. The Morgan fingerprint density at radius 3 is 2.70 bits per heavy atom. The lowest BCUT2D eigenvalue weighted by atomic mass is 10.1. The number of carbonyl (C=O) groups is 1. The lowest BCUT2D eigenvalue weighted by Gasteiger charge is -2.00. The Labute approximate surface area is 130 Å². The lowest BCUT2D eigenvalue weighted by Crippen LogP contribution is -1.97. The third kappa shape index (κ3) is 2.34. The van der Waals surface area contributed by atoms with Gasteiger partial charge in [-0.05, 0) is 29.0 Å². The number of tetrazole rings is 1. The van der Waals surface area contributed by atoms with Gasteiger partial charge in [0, 0.05) is 11.6 Å². The minimum absolute atomic E-state index is 0.0577. The van der Waals surface area contributed by atoms with Crippen LogP contribution in [-0.2, 0) is 0 Å². The largest absolute Gasteiger partial charge is 0.508 e. The molecule has 2 heterocycles. The quantitative estimate of drug-likeness (QED) is 0.704. The summed E-state index contributed by atoms with van der Waals surface area (Å²) in [5.74, 6) is 0.937. The number of hydrogen-bond donors (Lipinski definition) is 2. The predicted molar refractivity (Wildman–Crippen MR) is 80.7 cm³/mol. The molecule has 0 amide bonds. The van der Waals surface area contributed by atoms with Crippen LogP contribution in [0.25, 0.3) is 17.5 Å². The number of phenolic OH excluding ortho intramolecular Hbond substituents is 1. The number of phenols is 1. The van der Waals surface area contributed by atoms with Crippen LogP contribution in [0.5, 0.6) is 11.5 Å². The normalized spacial score (nSPS) is 14.8. The average molecular weight is 306 g/mol. The summed E-state index contributed by atoms with van der Waals surface area (Å²) in [4.78, 5) is 12.3. The maximum atomic E-state index is 12.3. The number of hydrogen-bond acceptors (Lipinski definition) is 6. The molecule has 0 fully saturated rings. The molecule has 0 aliphatic carbocycles. The van der Waals surface area contributed by atoms with Crippen LogP contribution < -0.4 is 4.74 Å². The van der Waals surface area contributed by atoms with Gasteiger partial charge in [-0.1, -0.05) is 24.3 Å². The number of ketones is 1. The van der Waals surface area contributed by atoms with Gasteiger partial charge in [0.15, 0.2) is 5.76 Å². The van der Waals surface area contributed by atoms with Gasteiger partial charge >= 0.3 is 0 Å². The Morgan fingerprint density at radius 2 is 1.96 bits per heavy atom. The van der Waals surface area contributed by atoms with E-state index in [1.54, 1.807) is 12.1 Å². The number of aromatic hydroxyl groups is 1. The first-order chi connectivity index (χ1) is 11.2. The summed E-state index contributed by atoms with van der Waals surface area (Å²) >= 11 is 0. The number of H-pyrrole nitrogens is 1. The van der Waals surface area contributed by atoms with Crippen LogP contribution in [0.1, 0.15) is 15.9 Å². The Hall–Kier alpha value is -3.48. The summed E-state index contributed by atoms with van der Waals surface area (Å²) in [6.45, 7) is 0. The average Bonchev–Trinajstić information content (AvgIpc) is 3.18. The third-order valence-corrected chi connectivity index (χ3v) is 3.47. The van der Waals surface area contributed by atoms with E-state index in [1.807, 2.05) is 24.3 Å². The highest BCUT2D eigenvalue weighted by atomic mass is 16.5. The van der Waals surface area contributed by atoms with E-state index in [-0.39, 0.29) is 17.3 Å². The Morgan fingerprint density at radius 1 is 1.13 bits per heavy atom. The van der Waals surface area contributed by atoms with Gasteiger partial charge in [0.1, 0.15) is 11.5 Å². The maximum absolute atomic E-state index is 12.3. The number of carbonyl (C=O) groups excluding carboxylic acids is 1. The van der Waals surface area contributed by atoms with Crippen LogP contribution >= 0.6 is 0 Å². The van der Waals surface area contributed by atoms with Crippen molar-refractivity contribution in [3.05, 3.63) is 59.4 Å². The minimum Gasteiger partial charge on any atom is -0.508 e. The standard InChI is InChI=1S/C16H10N4O3/c21-11-5-6-12-13(8-11)23-14(15(12)22)7-9-1-3-10(4-2-9)16-17-19-20-18-16/h1-8,21H,(H,17,18,19,20). The van der Waals surface area contributed by atoms with Gasteiger partial charge in [-0.15, -0.1) is 10.2 Å². The molecular weight excluding hydrogens is 296 g/mol. The van der Waals surface area contributed by atoms with Crippen molar-refractivity contribution in [1.82, 2.24) is 20.6 Å². The van der Waals surface area contributed by atoms with Crippen LogP contribution in [0.3, 0.4) is 0 Å². The number of benzene rings is 2. The van der Waals surface area contributed by atoms with E-state index in [1.165, 1.54) is 12.1 Å². The van der Waals surface area contributed by atoms with E-state index in [4.69, 9.17) is 4.74 Å². The van der Waals surface area contributed by atoms with Crippen molar-refractivity contribution in [2.75, 3.05) is 0 Å². The molecule has 0 unspecified atom stereocenters. The van der Waals surface area contributed by atoms with E-state index in [2.05, 4.69) is 20.6 Å². The van der Waals surface area contributed by atoms with Gasteiger partial charge in [0.05, 0.1) is 5.56 Å². The number of aromatic amines is 1.